The van der Waals surface area contributed by atoms with Gasteiger partial charge in [0.15, 0.2) is 0 Å². The van der Waals surface area contributed by atoms with Crippen LogP contribution in [0.4, 0.5) is 4.79 Å². The largest absolute Gasteiger partial charge is 0.481 e. The first-order valence-corrected chi connectivity index (χ1v) is 6.80. The molecule has 0 rings (SSSR count). The van der Waals surface area contributed by atoms with E-state index in [1.807, 2.05) is 0 Å². The molecule has 1 atom stereocenters. The Balaban J connectivity index is 4.16. The number of carbonyl (C=O) groups excluding carboxylic acids is 1. The van der Waals surface area contributed by atoms with Crippen LogP contribution in [0.1, 0.15) is 27.2 Å². The van der Waals surface area contributed by atoms with E-state index in [-0.39, 0.29) is 18.9 Å². The highest BCUT2D eigenvalue weighted by Gasteiger charge is 2.17. The first-order valence-electron chi connectivity index (χ1n) is 5.32. The van der Waals surface area contributed by atoms with Crippen molar-refractivity contribution in [2.45, 2.75) is 33.3 Å². The summed E-state index contributed by atoms with van der Waals surface area (Å²) in [6.07, 6.45) is -1.69. The Labute approximate surface area is 106 Å². The lowest BCUT2D eigenvalue weighted by atomic mass is 10.1. The number of ether oxygens (including phenoxy) is 1. The molecule has 0 aliphatic heterocycles. The van der Waals surface area contributed by atoms with E-state index in [2.05, 4.69) is 9.46 Å². The molecule has 0 bridgehead atoms. The van der Waals surface area contributed by atoms with Gasteiger partial charge in [0.1, 0.15) is 0 Å². The highest BCUT2D eigenvalue weighted by molar-refractivity contribution is 7.88. The number of hydrogen-bond acceptors (Lipinski definition) is 5. The fraction of sp³-hybridized carbons (Fsp3) is 0.778. The third-order valence-electron chi connectivity index (χ3n) is 1.71. The Morgan fingerprint density at radius 3 is 2.28 bits per heavy atom. The predicted octanol–water partition coefficient (Wildman–Crippen LogP) is 0.0662. The molecular weight excluding hydrogens is 264 g/mol. The molecule has 3 N–H and O–H groups in total. The SMILES string of the molecule is CC(CNS(=O)(=O)NC(=O)OC(C)C)CC(=O)O. The second-order valence-electron chi connectivity index (χ2n) is 4.11. The molecule has 0 radical (unpaired) electrons. The minimum Gasteiger partial charge on any atom is -0.481 e. The lowest BCUT2D eigenvalue weighted by molar-refractivity contribution is -0.137. The van der Waals surface area contributed by atoms with E-state index in [1.54, 1.807) is 25.5 Å². The van der Waals surface area contributed by atoms with Gasteiger partial charge in [-0.25, -0.2) is 9.52 Å². The van der Waals surface area contributed by atoms with Gasteiger partial charge in [-0.2, -0.15) is 13.1 Å². The molecule has 18 heavy (non-hydrogen) atoms. The number of rotatable bonds is 7. The average molecular weight is 282 g/mol. The van der Waals surface area contributed by atoms with Gasteiger partial charge in [0.2, 0.25) is 0 Å². The van der Waals surface area contributed by atoms with Crippen LogP contribution in [-0.2, 0) is 19.7 Å². The molecule has 0 fully saturated rings. The van der Waals surface area contributed by atoms with Crippen molar-refractivity contribution in [2.24, 2.45) is 5.92 Å². The summed E-state index contributed by atoms with van der Waals surface area (Å²) in [5, 5.41) is 8.49. The Morgan fingerprint density at radius 1 is 1.28 bits per heavy atom. The third-order valence-corrected chi connectivity index (χ3v) is 2.69. The monoisotopic (exact) mass is 282 g/mol. The van der Waals surface area contributed by atoms with E-state index in [0.717, 1.165) is 0 Å². The van der Waals surface area contributed by atoms with Crippen molar-refractivity contribution >= 4 is 22.3 Å². The van der Waals surface area contributed by atoms with E-state index in [9.17, 15) is 18.0 Å². The van der Waals surface area contributed by atoms with Crippen molar-refractivity contribution in [1.82, 2.24) is 9.44 Å². The summed E-state index contributed by atoms with van der Waals surface area (Å²) in [7, 11) is -4.02. The van der Waals surface area contributed by atoms with Crippen molar-refractivity contribution in [1.29, 1.82) is 0 Å². The maximum Gasteiger partial charge on any atom is 0.422 e. The maximum atomic E-state index is 11.3. The minimum atomic E-state index is -4.02. The Morgan fingerprint density at radius 2 is 1.83 bits per heavy atom. The van der Waals surface area contributed by atoms with Crippen LogP contribution in [0.2, 0.25) is 0 Å². The van der Waals surface area contributed by atoms with Gasteiger partial charge in [0.05, 0.1) is 6.10 Å². The van der Waals surface area contributed by atoms with Crippen LogP contribution >= 0.6 is 0 Å². The van der Waals surface area contributed by atoms with Crippen molar-refractivity contribution in [2.75, 3.05) is 6.54 Å². The zero-order valence-corrected chi connectivity index (χ0v) is 11.3. The van der Waals surface area contributed by atoms with Crippen LogP contribution in [0.15, 0.2) is 0 Å². The number of nitrogens with one attached hydrogen (secondary N) is 2. The van der Waals surface area contributed by atoms with Gasteiger partial charge in [-0.15, -0.1) is 0 Å². The van der Waals surface area contributed by atoms with Gasteiger partial charge in [0, 0.05) is 13.0 Å². The summed E-state index contributed by atoms with van der Waals surface area (Å²) in [5.41, 5.74) is 0. The average Bonchev–Trinajstić information content (AvgIpc) is 2.11. The molecule has 8 nitrogen and oxygen atoms in total. The Hall–Kier alpha value is -1.35. The van der Waals surface area contributed by atoms with Gasteiger partial charge in [-0.05, 0) is 19.8 Å². The van der Waals surface area contributed by atoms with Crippen LogP contribution in [-0.4, -0.2) is 38.2 Å². The van der Waals surface area contributed by atoms with Crippen LogP contribution in [0.5, 0.6) is 0 Å². The first-order chi connectivity index (χ1) is 8.12. The smallest absolute Gasteiger partial charge is 0.422 e. The molecular formula is C9H18N2O6S. The van der Waals surface area contributed by atoms with E-state index in [0.29, 0.717) is 0 Å². The Kier molecular flexibility index (Phi) is 6.63. The lowest BCUT2D eigenvalue weighted by Crippen LogP contribution is -2.42. The summed E-state index contributed by atoms with van der Waals surface area (Å²) in [6, 6.07) is 0. The number of aliphatic carboxylic acids is 1. The van der Waals surface area contributed by atoms with E-state index < -0.39 is 28.4 Å². The minimum absolute atomic E-state index is 0.0867. The standard InChI is InChI=1S/C9H18N2O6S/c1-6(2)17-9(14)11-18(15,16)10-5-7(3)4-8(12)13/h6-7,10H,4-5H2,1-3H3,(H,11,14)(H,12,13). The fourth-order valence-electron chi connectivity index (χ4n) is 1.01. The van der Waals surface area contributed by atoms with Crippen molar-refractivity contribution in [3.63, 3.8) is 0 Å². The molecule has 0 aromatic heterocycles. The van der Waals surface area contributed by atoms with Crippen LogP contribution in [0.3, 0.4) is 0 Å². The van der Waals surface area contributed by atoms with Gasteiger partial charge in [-0.3, -0.25) is 4.79 Å². The van der Waals surface area contributed by atoms with Gasteiger partial charge in [0.25, 0.3) is 0 Å². The van der Waals surface area contributed by atoms with Crippen molar-refractivity contribution < 1.29 is 27.9 Å². The van der Waals surface area contributed by atoms with E-state index >= 15 is 0 Å². The van der Waals surface area contributed by atoms with E-state index in [4.69, 9.17) is 5.11 Å². The van der Waals surface area contributed by atoms with Gasteiger partial charge >= 0.3 is 22.3 Å². The number of carbonyl (C=O) groups is 2. The molecule has 0 heterocycles. The normalized spacial score (nSPS) is 13.1. The first kappa shape index (κ1) is 16.6. The molecule has 1 unspecified atom stereocenters. The van der Waals surface area contributed by atoms with E-state index in [1.165, 1.54) is 0 Å². The highest BCUT2D eigenvalue weighted by Crippen LogP contribution is 2.00. The summed E-state index contributed by atoms with van der Waals surface area (Å²) < 4.78 is 31.0. The number of carboxylic acid groups (broad SMARTS) is 1. The molecule has 1 amide bonds. The quantitative estimate of drug-likeness (QED) is 0.607. The Bertz CT molecular complexity index is 392. The maximum absolute atomic E-state index is 11.3. The predicted molar refractivity (Wildman–Crippen MR) is 63.1 cm³/mol. The summed E-state index contributed by atoms with van der Waals surface area (Å²) in [4.78, 5) is 21.4. The molecule has 0 aliphatic carbocycles. The number of amides is 1. The molecule has 106 valence electrons. The topological polar surface area (TPSA) is 122 Å². The molecule has 0 saturated carbocycles. The summed E-state index contributed by atoms with van der Waals surface area (Å²) in [6.45, 7) is 4.64. The van der Waals surface area contributed by atoms with Crippen molar-refractivity contribution in [3.8, 4) is 0 Å². The second-order valence-corrected chi connectivity index (χ2v) is 5.61. The molecule has 9 heteroatoms. The molecule has 0 aromatic rings. The number of carboxylic acids is 1. The summed E-state index contributed by atoms with van der Waals surface area (Å²) >= 11 is 0. The van der Waals surface area contributed by atoms with Crippen molar-refractivity contribution in [3.05, 3.63) is 0 Å². The zero-order chi connectivity index (χ0) is 14.3. The summed E-state index contributed by atoms with van der Waals surface area (Å²) in [5.74, 6) is -1.41. The second kappa shape index (κ2) is 7.17. The van der Waals surface area contributed by atoms with Gasteiger partial charge in [-0.1, -0.05) is 6.92 Å². The highest BCUT2D eigenvalue weighted by atomic mass is 32.2. The van der Waals surface area contributed by atoms with Crippen LogP contribution < -0.4 is 9.44 Å². The molecule has 0 spiro atoms. The zero-order valence-electron chi connectivity index (χ0n) is 10.5. The number of hydrogen-bond donors (Lipinski definition) is 3. The molecule has 0 aliphatic rings. The van der Waals surface area contributed by atoms with Crippen LogP contribution in [0.25, 0.3) is 0 Å². The fourth-order valence-corrected chi connectivity index (χ4v) is 1.85. The van der Waals surface area contributed by atoms with Crippen LogP contribution in [0, 0.1) is 5.92 Å². The van der Waals surface area contributed by atoms with Gasteiger partial charge < -0.3 is 9.84 Å². The third kappa shape index (κ3) is 8.76. The molecule has 0 aromatic carbocycles. The molecule has 0 saturated heterocycles. The lowest BCUT2D eigenvalue weighted by Gasteiger charge is -2.12.